The number of hydrogen-bond acceptors (Lipinski definition) is 3. The summed E-state index contributed by atoms with van der Waals surface area (Å²) < 4.78 is 6.47. The molecule has 1 fully saturated rings. The lowest BCUT2D eigenvalue weighted by atomic mass is 9.99. The van der Waals surface area contributed by atoms with Gasteiger partial charge in [-0.15, -0.1) is 0 Å². The van der Waals surface area contributed by atoms with Crippen LogP contribution in [0.1, 0.15) is 5.69 Å². The first kappa shape index (κ1) is 7.52. The fourth-order valence-corrected chi connectivity index (χ4v) is 1.13. The lowest BCUT2D eigenvalue weighted by Crippen LogP contribution is -2.46. The molecule has 1 aromatic heterocycles. The molecule has 4 heteroatoms. The Hall–Kier alpha value is -1.13. The zero-order valence-corrected chi connectivity index (χ0v) is 6.60. The van der Waals surface area contributed by atoms with Crippen molar-refractivity contribution in [2.75, 3.05) is 13.2 Å². The first-order valence-corrected chi connectivity index (χ1v) is 3.73. The van der Waals surface area contributed by atoms with Gasteiger partial charge in [-0.3, -0.25) is 0 Å². The van der Waals surface area contributed by atoms with Crippen LogP contribution in [0.15, 0.2) is 18.8 Å². The van der Waals surface area contributed by atoms with Gasteiger partial charge in [0.05, 0.1) is 18.9 Å². The molecule has 1 saturated heterocycles. The quantitative estimate of drug-likeness (QED) is 0.682. The summed E-state index contributed by atoms with van der Waals surface area (Å²) in [6, 6.07) is 1.77. The van der Waals surface area contributed by atoms with E-state index in [0.29, 0.717) is 18.9 Å². The van der Waals surface area contributed by atoms with E-state index in [2.05, 4.69) is 11.7 Å². The molecule has 0 amide bonds. The highest BCUT2D eigenvalue weighted by Gasteiger charge is 2.40. The highest BCUT2D eigenvalue weighted by atomic mass is 16.5. The lowest BCUT2D eigenvalue weighted by Gasteiger charge is -2.34. The smallest absolute Gasteiger partial charge is 0.155 e. The van der Waals surface area contributed by atoms with Gasteiger partial charge in [-0.1, -0.05) is 6.58 Å². The number of nitrogens with zero attached hydrogens (tertiary/aromatic N) is 2. The van der Waals surface area contributed by atoms with Crippen LogP contribution in [0.2, 0.25) is 0 Å². The molecule has 2 rings (SSSR count). The Morgan fingerprint density at radius 2 is 2.50 bits per heavy atom. The maximum absolute atomic E-state index is 9.76. The monoisotopic (exact) mass is 166 g/mol. The van der Waals surface area contributed by atoms with Gasteiger partial charge in [0.1, 0.15) is 0 Å². The molecule has 0 unspecified atom stereocenters. The molecule has 0 aromatic carbocycles. The topological polar surface area (TPSA) is 47.3 Å². The van der Waals surface area contributed by atoms with Crippen molar-refractivity contribution in [1.82, 2.24) is 9.78 Å². The minimum Gasteiger partial charge on any atom is -0.379 e. The van der Waals surface area contributed by atoms with Crippen molar-refractivity contribution in [3.05, 3.63) is 24.5 Å². The lowest BCUT2D eigenvalue weighted by molar-refractivity contribution is -0.187. The number of hydrogen-bond donors (Lipinski definition) is 1. The van der Waals surface area contributed by atoms with Gasteiger partial charge in [0.25, 0.3) is 0 Å². The largest absolute Gasteiger partial charge is 0.379 e. The molecule has 1 aromatic rings. The van der Waals surface area contributed by atoms with E-state index in [1.807, 2.05) is 0 Å². The number of aromatic nitrogens is 2. The fraction of sp³-hybridized carbons (Fsp3) is 0.375. The van der Waals surface area contributed by atoms with Gasteiger partial charge in [0.15, 0.2) is 5.60 Å². The summed E-state index contributed by atoms with van der Waals surface area (Å²) >= 11 is 0. The Bertz CT molecular complexity index is 302. The highest BCUT2D eigenvalue weighted by molar-refractivity contribution is 5.20. The second-order valence-corrected chi connectivity index (χ2v) is 2.89. The van der Waals surface area contributed by atoms with Crippen molar-refractivity contribution < 1.29 is 9.84 Å². The van der Waals surface area contributed by atoms with Crippen LogP contribution in [0.5, 0.6) is 0 Å². The van der Waals surface area contributed by atoms with E-state index in [-0.39, 0.29) is 0 Å². The zero-order chi connectivity index (χ0) is 8.60. The predicted molar refractivity (Wildman–Crippen MR) is 43.3 cm³/mol. The molecule has 2 heterocycles. The summed E-state index contributed by atoms with van der Waals surface area (Å²) in [6.07, 6.45) is 3.32. The van der Waals surface area contributed by atoms with Crippen molar-refractivity contribution in [3.63, 3.8) is 0 Å². The van der Waals surface area contributed by atoms with Crippen LogP contribution in [0, 0.1) is 0 Å². The van der Waals surface area contributed by atoms with Crippen LogP contribution >= 0.6 is 0 Å². The average Bonchev–Trinajstić information content (AvgIpc) is 2.48. The van der Waals surface area contributed by atoms with Crippen molar-refractivity contribution >= 4 is 6.20 Å². The van der Waals surface area contributed by atoms with E-state index in [9.17, 15) is 5.11 Å². The summed E-state index contributed by atoms with van der Waals surface area (Å²) in [5, 5.41) is 13.8. The number of ether oxygens (including phenoxy) is 1. The van der Waals surface area contributed by atoms with Crippen LogP contribution in [0.4, 0.5) is 0 Å². The molecule has 1 aliphatic rings. The van der Waals surface area contributed by atoms with Crippen molar-refractivity contribution in [2.24, 2.45) is 0 Å². The van der Waals surface area contributed by atoms with Crippen molar-refractivity contribution in [1.29, 1.82) is 0 Å². The van der Waals surface area contributed by atoms with E-state index < -0.39 is 5.60 Å². The Balaban J connectivity index is 2.27. The second kappa shape index (κ2) is 2.43. The summed E-state index contributed by atoms with van der Waals surface area (Å²) in [4.78, 5) is 0. The van der Waals surface area contributed by atoms with E-state index in [0.717, 1.165) is 0 Å². The van der Waals surface area contributed by atoms with Gasteiger partial charge >= 0.3 is 0 Å². The fourth-order valence-electron chi connectivity index (χ4n) is 1.13. The molecule has 0 spiro atoms. The van der Waals surface area contributed by atoms with Crippen molar-refractivity contribution in [3.8, 4) is 0 Å². The van der Waals surface area contributed by atoms with E-state index in [4.69, 9.17) is 4.74 Å². The van der Waals surface area contributed by atoms with Crippen molar-refractivity contribution in [2.45, 2.75) is 5.60 Å². The van der Waals surface area contributed by atoms with E-state index in [1.165, 1.54) is 0 Å². The minimum absolute atomic E-state index is 0.334. The SMILES string of the molecule is C=Cn1ccc(C2(O)COC2)n1. The van der Waals surface area contributed by atoms with Gasteiger partial charge < -0.3 is 9.84 Å². The standard InChI is InChI=1S/C8H10N2O2/c1-2-10-4-3-7(9-10)8(11)5-12-6-8/h2-4,11H,1,5-6H2. The third-order valence-corrected chi connectivity index (χ3v) is 1.95. The molecular weight excluding hydrogens is 156 g/mol. The number of aliphatic hydroxyl groups is 1. The van der Waals surface area contributed by atoms with Gasteiger partial charge in [0.2, 0.25) is 0 Å². The average molecular weight is 166 g/mol. The molecule has 0 bridgehead atoms. The molecule has 0 atom stereocenters. The Morgan fingerprint density at radius 1 is 1.75 bits per heavy atom. The number of rotatable bonds is 2. The molecule has 0 saturated carbocycles. The third kappa shape index (κ3) is 0.964. The highest BCUT2D eigenvalue weighted by Crippen LogP contribution is 2.27. The summed E-state index contributed by atoms with van der Waals surface area (Å²) in [5.74, 6) is 0. The van der Waals surface area contributed by atoms with Gasteiger partial charge in [0, 0.05) is 12.4 Å². The van der Waals surface area contributed by atoms with E-state index in [1.54, 1.807) is 23.1 Å². The van der Waals surface area contributed by atoms with Crippen LogP contribution in [0.25, 0.3) is 6.20 Å². The molecule has 64 valence electrons. The molecular formula is C8H10N2O2. The Morgan fingerprint density at radius 3 is 2.92 bits per heavy atom. The Kier molecular flexibility index (Phi) is 1.52. The van der Waals surface area contributed by atoms with Crippen LogP contribution < -0.4 is 0 Å². The van der Waals surface area contributed by atoms with Crippen LogP contribution in [0.3, 0.4) is 0 Å². The van der Waals surface area contributed by atoms with Gasteiger partial charge in [-0.2, -0.15) is 5.10 Å². The van der Waals surface area contributed by atoms with Crippen LogP contribution in [-0.4, -0.2) is 28.1 Å². The zero-order valence-electron chi connectivity index (χ0n) is 6.60. The van der Waals surface area contributed by atoms with Crippen LogP contribution in [-0.2, 0) is 10.3 Å². The predicted octanol–water partition coefficient (Wildman–Crippen LogP) is 0.201. The maximum atomic E-state index is 9.76. The second-order valence-electron chi connectivity index (χ2n) is 2.89. The minimum atomic E-state index is -0.867. The summed E-state index contributed by atoms with van der Waals surface area (Å²) in [5.41, 5.74) is -0.220. The molecule has 1 aliphatic heterocycles. The molecule has 0 aliphatic carbocycles. The molecule has 1 N–H and O–H groups in total. The molecule has 12 heavy (non-hydrogen) atoms. The maximum Gasteiger partial charge on any atom is 0.155 e. The first-order valence-electron chi connectivity index (χ1n) is 3.73. The normalized spacial score (nSPS) is 20.1. The summed E-state index contributed by atoms with van der Waals surface area (Å²) in [7, 11) is 0. The van der Waals surface area contributed by atoms with Gasteiger partial charge in [-0.25, -0.2) is 4.68 Å². The summed E-state index contributed by atoms with van der Waals surface area (Å²) in [6.45, 7) is 4.23. The molecule has 4 nitrogen and oxygen atoms in total. The first-order chi connectivity index (χ1) is 5.74. The van der Waals surface area contributed by atoms with E-state index >= 15 is 0 Å². The molecule has 0 radical (unpaired) electrons. The third-order valence-electron chi connectivity index (χ3n) is 1.95. The Labute approximate surface area is 70.1 Å². The van der Waals surface area contributed by atoms with Gasteiger partial charge in [-0.05, 0) is 6.07 Å².